The summed E-state index contributed by atoms with van der Waals surface area (Å²) >= 11 is 7.88. The number of amides is 3. The van der Waals surface area contributed by atoms with Gasteiger partial charge in [0.05, 0.1) is 51.7 Å². The number of nitrogens with one attached hydrogen (secondary N) is 2. The minimum Gasteiger partial charge on any atom is -0.490 e. The van der Waals surface area contributed by atoms with Gasteiger partial charge in [0.15, 0.2) is 5.75 Å². The predicted molar refractivity (Wildman–Crippen MR) is 266 cm³/mol. The SMILES string of the molecule is Cc1ncsc1-c1ccc([C@H](C)NC(=O)[C@@H]2CCCN2C(=O)C(C(C)C)n2cc(OCC3CCN(c4ccc(C(=O)NC5C(C)(C)C(Oc6ccc(C#N)c(Cl)c6)C5(C)C)cc4)CC3)cn2)cc1. The number of nitriles is 1. The molecule has 3 aliphatic rings. The molecule has 3 aromatic carbocycles. The van der Waals surface area contributed by atoms with Crippen molar-refractivity contribution >= 4 is 46.3 Å². The second-order valence-corrected chi connectivity index (χ2v) is 21.5. The number of anilines is 1. The zero-order valence-corrected chi connectivity index (χ0v) is 41.9. The third-order valence-electron chi connectivity index (χ3n) is 14.4. The molecule has 2 N–H and O–H groups in total. The first-order chi connectivity index (χ1) is 32.5. The van der Waals surface area contributed by atoms with E-state index in [-0.39, 0.29) is 52.7 Å². The molecule has 68 heavy (non-hydrogen) atoms. The third-order valence-corrected chi connectivity index (χ3v) is 15.7. The Morgan fingerprint density at radius 1 is 0.941 bits per heavy atom. The number of aromatic nitrogens is 3. The Balaban J connectivity index is 0.796. The number of piperidine rings is 1. The van der Waals surface area contributed by atoms with Crippen molar-refractivity contribution in [1.82, 2.24) is 30.3 Å². The van der Waals surface area contributed by atoms with Gasteiger partial charge in [-0.2, -0.15) is 10.4 Å². The molecule has 8 rings (SSSR count). The van der Waals surface area contributed by atoms with Gasteiger partial charge in [-0.05, 0) is 98.9 Å². The van der Waals surface area contributed by atoms with Crippen molar-refractivity contribution in [3.63, 3.8) is 0 Å². The molecule has 2 saturated heterocycles. The van der Waals surface area contributed by atoms with E-state index in [1.54, 1.807) is 45.3 Å². The van der Waals surface area contributed by atoms with E-state index in [1.165, 1.54) is 0 Å². The van der Waals surface area contributed by atoms with Gasteiger partial charge in [-0.3, -0.25) is 19.1 Å². The lowest BCUT2D eigenvalue weighted by Crippen LogP contribution is -2.74. The second kappa shape index (κ2) is 20.0. The number of thiazole rings is 1. The highest BCUT2D eigenvalue weighted by molar-refractivity contribution is 7.13. The van der Waals surface area contributed by atoms with E-state index in [0.717, 1.165) is 59.7 Å². The van der Waals surface area contributed by atoms with Crippen LogP contribution in [0, 0.1) is 40.9 Å². The van der Waals surface area contributed by atoms with Crippen molar-refractivity contribution in [1.29, 1.82) is 5.26 Å². The largest absolute Gasteiger partial charge is 0.490 e. The predicted octanol–water partition coefficient (Wildman–Crippen LogP) is 9.81. The number of ether oxygens (including phenoxy) is 2. The van der Waals surface area contributed by atoms with Crippen LogP contribution in [0.15, 0.2) is 84.6 Å². The van der Waals surface area contributed by atoms with Crippen LogP contribution in [-0.4, -0.2) is 81.8 Å². The lowest BCUT2D eigenvalue weighted by Gasteiger charge is -2.63. The van der Waals surface area contributed by atoms with E-state index in [4.69, 9.17) is 21.1 Å². The maximum absolute atomic E-state index is 14.2. The molecular formula is C53H63ClN8O5S. The fraction of sp³-hybridized carbons (Fsp3) is 0.472. The molecule has 1 aliphatic carbocycles. The Bertz CT molecular complexity index is 2630. The molecule has 5 aromatic rings. The Morgan fingerprint density at radius 3 is 2.28 bits per heavy atom. The van der Waals surface area contributed by atoms with Gasteiger partial charge in [0, 0.05) is 53.8 Å². The Morgan fingerprint density at radius 2 is 1.65 bits per heavy atom. The van der Waals surface area contributed by atoms with E-state index in [2.05, 4.69) is 71.5 Å². The summed E-state index contributed by atoms with van der Waals surface area (Å²) in [7, 11) is 0. The van der Waals surface area contributed by atoms with Gasteiger partial charge < -0.3 is 29.9 Å². The van der Waals surface area contributed by atoms with Gasteiger partial charge in [0.2, 0.25) is 11.8 Å². The maximum Gasteiger partial charge on any atom is 0.251 e. The summed E-state index contributed by atoms with van der Waals surface area (Å²) in [6, 6.07) is 21.7. The van der Waals surface area contributed by atoms with E-state index < -0.39 is 12.1 Å². The molecule has 2 aliphatic heterocycles. The molecule has 358 valence electrons. The third kappa shape index (κ3) is 9.97. The molecule has 3 atom stereocenters. The van der Waals surface area contributed by atoms with Gasteiger partial charge in [-0.25, -0.2) is 4.98 Å². The summed E-state index contributed by atoms with van der Waals surface area (Å²) in [5.74, 6) is 1.13. The van der Waals surface area contributed by atoms with Gasteiger partial charge in [-0.15, -0.1) is 11.3 Å². The van der Waals surface area contributed by atoms with Crippen LogP contribution < -0.4 is 25.0 Å². The highest BCUT2D eigenvalue weighted by atomic mass is 35.5. The molecule has 0 radical (unpaired) electrons. The number of halogens is 1. The number of hydrogen-bond acceptors (Lipinski definition) is 10. The summed E-state index contributed by atoms with van der Waals surface area (Å²) in [5.41, 5.74) is 6.31. The van der Waals surface area contributed by atoms with Crippen LogP contribution in [0.2, 0.25) is 5.02 Å². The summed E-state index contributed by atoms with van der Waals surface area (Å²) < 4.78 is 14.4. The van der Waals surface area contributed by atoms with Gasteiger partial charge in [0.25, 0.3) is 5.91 Å². The van der Waals surface area contributed by atoms with Crippen molar-refractivity contribution in [3.8, 4) is 28.0 Å². The van der Waals surface area contributed by atoms with Crippen molar-refractivity contribution in [2.75, 3.05) is 31.1 Å². The molecule has 0 bridgehead atoms. The van der Waals surface area contributed by atoms with Gasteiger partial charge in [-0.1, -0.05) is 77.4 Å². The number of nitrogens with zero attached hydrogens (tertiary/aromatic N) is 6. The number of aryl methyl sites for hydroxylation is 1. The van der Waals surface area contributed by atoms with E-state index >= 15 is 0 Å². The first kappa shape index (κ1) is 48.5. The number of rotatable bonds is 15. The molecule has 0 spiro atoms. The van der Waals surface area contributed by atoms with Gasteiger partial charge >= 0.3 is 0 Å². The number of carbonyl (C=O) groups is 3. The van der Waals surface area contributed by atoms with Crippen molar-refractivity contribution in [3.05, 3.63) is 112 Å². The Labute approximate surface area is 409 Å². The molecule has 13 nitrogen and oxygen atoms in total. The standard InChI is InChI=1S/C53H63ClN8O5S/c1-32(2)45(49(65)61-23-9-10-44(61)48(64)58-33(3)36-11-13-37(14-12-36)46-34(4)56-31-68-46)62-29-42(28-57-62)66-30-35-21-24-60(25-22-35)40-18-15-38(16-19-40)47(63)59-50-52(5,6)51(53(50,7)8)67-41-20-17-39(27-55)43(54)26-41/h11-20,26,28-29,31-33,35,44-45,50-51H,9-10,21-25,30H2,1-8H3,(H,58,64)(H,59,63)/t33-,44-,45?,50?,51?/m0/s1. The molecule has 1 unspecified atom stereocenters. The smallest absolute Gasteiger partial charge is 0.251 e. The van der Waals surface area contributed by atoms with Crippen LogP contribution in [0.25, 0.3) is 10.4 Å². The Hall–Kier alpha value is -5.91. The molecular weight excluding hydrogens is 896 g/mol. The normalized spacial score (nSPS) is 20.8. The van der Waals surface area contributed by atoms with Crippen LogP contribution in [0.3, 0.4) is 0 Å². The van der Waals surface area contributed by atoms with E-state index in [0.29, 0.717) is 53.1 Å². The lowest BCUT2D eigenvalue weighted by molar-refractivity contribution is -0.164. The lowest BCUT2D eigenvalue weighted by atomic mass is 9.49. The van der Waals surface area contributed by atoms with Crippen molar-refractivity contribution < 1.29 is 23.9 Å². The summed E-state index contributed by atoms with van der Waals surface area (Å²) in [5, 5.41) is 20.7. The number of hydrogen-bond donors (Lipinski definition) is 2. The highest BCUT2D eigenvalue weighted by Gasteiger charge is 2.64. The van der Waals surface area contributed by atoms with Gasteiger partial charge in [0.1, 0.15) is 30.0 Å². The number of likely N-dealkylation sites (tertiary alicyclic amines) is 1. The van der Waals surface area contributed by atoms with Crippen molar-refractivity contribution in [2.45, 2.75) is 111 Å². The first-order valence-electron chi connectivity index (χ1n) is 23.8. The highest BCUT2D eigenvalue weighted by Crippen LogP contribution is 2.55. The molecule has 4 heterocycles. The summed E-state index contributed by atoms with van der Waals surface area (Å²) in [4.78, 5) is 51.1. The van der Waals surface area contributed by atoms with Crippen LogP contribution in [0.4, 0.5) is 5.69 Å². The second-order valence-electron chi connectivity index (χ2n) is 20.2. The first-order valence-corrected chi connectivity index (χ1v) is 25.0. The molecule has 15 heteroatoms. The number of carbonyl (C=O) groups excluding carboxylic acids is 3. The minimum absolute atomic E-state index is 0.0651. The van der Waals surface area contributed by atoms with Crippen LogP contribution in [-0.2, 0) is 9.59 Å². The van der Waals surface area contributed by atoms with E-state index in [9.17, 15) is 19.6 Å². The average Bonchev–Trinajstić information content (AvgIpc) is 4.11. The molecule has 2 aromatic heterocycles. The molecule has 3 fully saturated rings. The fourth-order valence-electron chi connectivity index (χ4n) is 10.8. The van der Waals surface area contributed by atoms with Crippen molar-refractivity contribution in [2.24, 2.45) is 22.7 Å². The fourth-order valence-corrected chi connectivity index (χ4v) is 11.8. The molecule has 1 saturated carbocycles. The topological polar surface area (TPSA) is 155 Å². The van der Waals surface area contributed by atoms with Crippen LogP contribution in [0.1, 0.15) is 113 Å². The zero-order chi connectivity index (χ0) is 48.5. The minimum atomic E-state index is -0.577. The monoisotopic (exact) mass is 958 g/mol. The van der Waals surface area contributed by atoms with Crippen LogP contribution >= 0.6 is 22.9 Å². The average molecular weight is 960 g/mol. The summed E-state index contributed by atoms with van der Waals surface area (Å²) in [6.45, 7) is 19.2. The maximum atomic E-state index is 14.2. The van der Waals surface area contributed by atoms with Crippen LogP contribution in [0.5, 0.6) is 11.5 Å². The number of benzene rings is 3. The summed E-state index contributed by atoms with van der Waals surface area (Å²) in [6.07, 6.45) is 6.57. The molecule has 3 amide bonds. The Kier molecular flexibility index (Phi) is 14.3. The zero-order valence-electron chi connectivity index (χ0n) is 40.3. The van der Waals surface area contributed by atoms with E-state index in [1.807, 2.05) is 75.8 Å². The quantitative estimate of drug-likeness (QED) is 0.104.